The van der Waals surface area contributed by atoms with E-state index >= 15 is 0 Å². The van der Waals surface area contributed by atoms with Gasteiger partial charge in [0.1, 0.15) is 0 Å². The Kier molecular flexibility index (Phi) is 4.56. The molecule has 1 aromatic carbocycles. The molecule has 0 aliphatic carbocycles. The van der Waals surface area contributed by atoms with E-state index in [9.17, 15) is 0 Å². The van der Waals surface area contributed by atoms with Crippen molar-refractivity contribution in [1.82, 2.24) is 0 Å². The van der Waals surface area contributed by atoms with E-state index in [0.29, 0.717) is 0 Å². The highest BCUT2D eigenvalue weighted by molar-refractivity contribution is 5.56. The second kappa shape index (κ2) is 5.56. The van der Waals surface area contributed by atoms with Gasteiger partial charge in [-0.15, -0.1) is 0 Å². The molecule has 0 nitrogen and oxygen atoms in total. The third kappa shape index (κ3) is 6.44. The van der Waals surface area contributed by atoms with Crippen molar-refractivity contribution in [3.05, 3.63) is 47.5 Å². The van der Waals surface area contributed by atoms with Gasteiger partial charge in [0.05, 0.1) is 0 Å². The summed E-state index contributed by atoms with van der Waals surface area (Å²) in [5.41, 5.74) is 3.01. The highest BCUT2D eigenvalue weighted by atomic mass is 14.1. The van der Waals surface area contributed by atoms with Crippen LogP contribution in [0.1, 0.15) is 52.7 Å². The molecule has 0 spiro atoms. The average Bonchev–Trinajstić information content (AvgIpc) is 2.23. The molecule has 0 saturated heterocycles. The van der Waals surface area contributed by atoms with Crippen LogP contribution in [0.4, 0.5) is 0 Å². The Balaban J connectivity index is 2.75. The van der Waals surface area contributed by atoms with Crippen LogP contribution in [0, 0.1) is 10.8 Å². The Morgan fingerprint density at radius 1 is 0.611 bits per heavy atom. The van der Waals surface area contributed by atoms with Crippen LogP contribution >= 0.6 is 0 Å². The third-order valence-corrected chi connectivity index (χ3v) is 2.49. The zero-order valence-electron chi connectivity index (χ0n) is 12.6. The van der Waals surface area contributed by atoms with Crippen molar-refractivity contribution in [1.29, 1.82) is 0 Å². The molecule has 0 saturated carbocycles. The fourth-order valence-corrected chi connectivity index (χ4v) is 1.41. The topological polar surface area (TPSA) is 0 Å². The maximum atomic E-state index is 2.24. The predicted molar refractivity (Wildman–Crippen MR) is 83.4 cm³/mol. The first-order valence-corrected chi connectivity index (χ1v) is 6.64. The molecule has 0 aromatic heterocycles. The summed E-state index contributed by atoms with van der Waals surface area (Å²) in [5.74, 6) is 0. The van der Waals surface area contributed by atoms with Gasteiger partial charge in [0.25, 0.3) is 0 Å². The molecule has 1 aromatic rings. The molecule has 0 bridgehead atoms. The van der Waals surface area contributed by atoms with Gasteiger partial charge < -0.3 is 0 Å². The second-order valence-electron chi connectivity index (χ2n) is 7.07. The second-order valence-corrected chi connectivity index (χ2v) is 7.07. The summed E-state index contributed by atoms with van der Waals surface area (Å²) in [4.78, 5) is 0. The van der Waals surface area contributed by atoms with Gasteiger partial charge >= 0.3 is 0 Å². The molecule has 0 unspecified atom stereocenters. The number of rotatable bonds is 2. The normalized spacial score (nSPS) is 13.7. The Morgan fingerprint density at radius 2 is 0.889 bits per heavy atom. The summed E-state index contributed by atoms with van der Waals surface area (Å²) in [6.07, 6.45) is 8.87. The Labute approximate surface area is 112 Å². The molecule has 0 aliphatic rings. The van der Waals surface area contributed by atoms with Crippen LogP contribution in [0.3, 0.4) is 0 Å². The van der Waals surface area contributed by atoms with Crippen LogP contribution in [0.2, 0.25) is 0 Å². The van der Waals surface area contributed by atoms with Crippen molar-refractivity contribution in [2.45, 2.75) is 41.5 Å². The fraction of sp³-hybridized carbons (Fsp3) is 0.444. The molecule has 18 heavy (non-hydrogen) atoms. The van der Waals surface area contributed by atoms with Gasteiger partial charge in [-0.2, -0.15) is 0 Å². The van der Waals surface area contributed by atoms with Crippen molar-refractivity contribution in [2.24, 2.45) is 10.8 Å². The predicted octanol–water partition coefficient (Wildman–Crippen LogP) is 5.81. The number of hydrogen-bond acceptors (Lipinski definition) is 0. The lowest BCUT2D eigenvalue weighted by molar-refractivity contribution is 0.546. The number of benzene rings is 1. The largest absolute Gasteiger partial charge is 0.0785 e. The third-order valence-electron chi connectivity index (χ3n) is 2.49. The quantitative estimate of drug-likeness (QED) is 0.614. The molecule has 0 radical (unpaired) electrons. The lowest BCUT2D eigenvalue weighted by atomic mass is 9.94. The summed E-state index contributed by atoms with van der Waals surface area (Å²) in [7, 11) is 0. The van der Waals surface area contributed by atoms with Gasteiger partial charge in [-0.25, -0.2) is 0 Å². The molecule has 0 amide bonds. The van der Waals surface area contributed by atoms with Crippen LogP contribution in [0.5, 0.6) is 0 Å². The first-order valence-electron chi connectivity index (χ1n) is 6.64. The molecule has 0 N–H and O–H groups in total. The highest BCUT2D eigenvalue weighted by Gasteiger charge is 2.04. The first-order chi connectivity index (χ1) is 8.16. The van der Waals surface area contributed by atoms with E-state index in [4.69, 9.17) is 0 Å². The van der Waals surface area contributed by atoms with E-state index in [-0.39, 0.29) is 10.8 Å². The minimum Gasteiger partial charge on any atom is -0.0785 e. The molecule has 0 fully saturated rings. The Hall–Kier alpha value is -1.30. The lowest BCUT2D eigenvalue weighted by Gasteiger charge is -2.11. The van der Waals surface area contributed by atoms with Gasteiger partial charge in [0, 0.05) is 0 Å². The number of allylic oxidation sites excluding steroid dienone is 2. The smallest absolute Gasteiger partial charge is 0.0200 e. The van der Waals surface area contributed by atoms with Gasteiger partial charge in [-0.3, -0.25) is 0 Å². The van der Waals surface area contributed by atoms with E-state index < -0.39 is 0 Å². The minimum atomic E-state index is 0.241. The molecule has 98 valence electrons. The molecular formula is C18H26. The highest BCUT2D eigenvalue weighted by Crippen LogP contribution is 2.19. The molecule has 0 heteroatoms. The van der Waals surface area contributed by atoms with Crippen molar-refractivity contribution in [2.75, 3.05) is 0 Å². The molecule has 1 rings (SSSR count). The molecule has 0 atom stereocenters. The molecule has 0 heterocycles. The molecular weight excluding hydrogens is 216 g/mol. The summed E-state index contributed by atoms with van der Waals surface area (Å²) in [5, 5.41) is 0. The van der Waals surface area contributed by atoms with E-state index in [1.165, 1.54) is 11.1 Å². The van der Waals surface area contributed by atoms with Gasteiger partial charge in [-0.05, 0) is 22.0 Å². The van der Waals surface area contributed by atoms with E-state index in [1.54, 1.807) is 0 Å². The summed E-state index contributed by atoms with van der Waals surface area (Å²) < 4.78 is 0. The SMILES string of the molecule is CC(C)(C)/C=C/c1ccc(/C=C/C(C)(C)C)cc1. The van der Waals surface area contributed by atoms with Gasteiger partial charge in [0.2, 0.25) is 0 Å². The Bertz CT molecular complexity index is 374. The summed E-state index contributed by atoms with van der Waals surface area (Å²) in [6.45, 7) is 13.3. The summed E-state index contributed by atoms with van der Waals surface area (Å²) >= 11 is 0. The van der Waals surface area contributed by atoms with Crippen LogP contribution in [0.25, 0.3) is 12.2 Å². The van der Waals surface area contributed by atoms with Crippen molar-refractivity contribution < 1.29 is 0 Å². The van der Waals surface area contributed by atoms with Crippen molar-refractivity contribution >= 4 is 12.2 Å². The standard InChI is InChI=1S/C18H26/c1-17(2,3)13-11-15-7-9-16(10-8-15)12-14-18(4,5)6/h7-14H,1-6H3/b13-11+,14-12+. The van der Waals surface area contributed by atoms with Crippen LogP contribution < -0.4 is 0 Å². The van der Waals surface area contributed by atoms with Crippen LogP contribution in [-0.2, 0) is 0 Å². The van der Waals surface area contributed by atoms with Crippen molar-refractivity contribution in [3.63, 3.8) is 0 Å². The van der Waals surface area contributed by atoms with E-state index in [2.05, 4.69) is 90.1 Å². The van der Waals surface area contributed by atoms with Gasteiger partial charge in [0.15, 0.2) is 0 Å². The maximum absolute atomic E-state index is 2.24. The van der Waals surface area contributed by atoms with Gasteiger partial charge in [-0.1, -0.05) is 90.1 Å². The first kappa shape index (κ1) is 14.8. The Morgan fingerprint density at radius 3 is 1.11 bits per heavy atom. The van der Waals surface area contributed by atoms with Crippen molar-refractivity contribution in [3.8, 4) is 0 Å². The maximum Gasteiger partial charge on any atom is -0.0200 e. The molecule has 0 aliphatic heterocycles. The zero-order chi connectivity index (χ0) is 13.8. The minimum absolute atomic E-state index is 0.241. The van der Waals surface area contributed by atoms with Crippen LogP contribution in [0.15, 0.2) is 36.4 Å². The fourth-order valence-electron chi connectivity index (χ4n) is 1.41. The van der Waals surface area contributed by atoms with E-state index in [1.807, 2.05) is 0 Å². The number of hydrogen-bond donors (Lipinski definition) is 0. The lowest BCUT2D eigenvalue weighted by Crippen LogP contribution is -1.98. The summed E-state index contributed by atoms with van der Waals surface area (Å²) in [6, 6.07) is 8.68. The van der Waals surface area contributed by atoms with Crippen LogP contribution in [-0.4, -0.2) is 0 Å². The zero-order valence-corrected chi connectivity index (χ0v) is 12.6. The average molecular weight is 242 g/mol. The van der Waals surface area contributed by atoms with E-state index in [0.717, 1.165) is 0 Å². The monoisotopic (exact) mass is 242 g/mol.